The summed E-state index contributed by atoms with van der Waals surface area (Å²) in [5, 5.41) is 13.2. The number of non-ortho nitro benzene ring substituents is 1. The van der Waals surface area contributed by atoms with Crippen LogP contribution in [0.1, 0.15) is 10.8 Å². The number of benzene rings is 3. The van der Waals surface area contributed by atoms with Gasteiger partial charge in [-0.25, -0.2) is 0 Å². The molecule has 3 rings (SSSR count). The first-order valence-electron chi connectivity index (χ1n) is 7.95. The van der Waals surface area contributed by atoms with E-state index in [0.29, 0.717) is 5.69 Å². The average Bonchev–Trinajstić information content (AvgIpc) is 2.67. The van der Waals surface area contributed by atoms with Gasteiger partial charge in [0.1, 0.15) is 5.25 Å². The predicted molar refractivity (Wildman–Crippen MR) is 103 cm³/mol. The largest absolute Gasteiger partial charge is 0.325 e. The molecule has 0 aromatic heterocycles. The number of anilines is 1. The van der Waals surface area contributed by atoms with Crippen molar-refractivity contribution in [2.45, 2.75) is 10.1 Å². The summed E-state index contributed by atoms with van der Waals surface area (Å²) in [5.74, 6) is -0.231. The van der Waals surface area contributed by atoms with Crippen molar-refractivity contribution in [3.8, 4) is 0 Å². The van der Waals surface area contributed by atoms with Crippen molar-refractivity contribution in [2.24, 2.45) is 0 Å². The molecule has 0 aliphatic rings. The quantitative estimate of drug-likeness (QED) is 0.377. The molecule has 5 nitrogen and oxygen atoms in total. The highest BCUT2D eigenvalue weighted by atomic mass is 32.2. The summed E-state index contributed by atoms with van der Waals surface area (Å²) >= 11 is 1.43. The van der Waals surface area contributed by atoms with Crippen molar-refractivity contribution >= 4 is 29.0 Å². The van der Waals surface area contributed by atoms with Gasteiger partial charge in [-0.3, -0.25) is 14.9 Å². The minimum Gasteiger partial charge on any atom is -0.325 e. The van der Waals surface area contributed by atoms with Crippen molar-refractivity contribution in [3.63, 3.8) is 0 Å². The van der Waals surface area contributed by atoms with Gasteiger partial charge in [-0.2, -0.15) is 0 Å². The van der Waals surface area contributed by atoms with Crippen molar-refractivity contribution in [2.75, 3.05) is 5.32 Å². The number of nitrogens with zero attached hydrogens (tertiary/aromatic N) is 1. The lowest BCUT2D eigenvalue weighted by Crippen LogP contribution is -2.19. The highest BCUT2D eigenvalue weighted by molar-refractivity contribution is 8.00. The molecule has 0 saturated heterocycles. The number of nitro groups is 1. The molecule has 0 saturated carbocycles. The number of carbonyl (C=O) groups excluding carboxylic acids is 1. The third-order valence-corrected chi connectivity index (χ3v) is 4.93. The number of hydrogen-bond acceptors (Lipinski definition) is 4. The number of rotatable bonds is 6. The first-order valence-corrected chi connectivity index (χ1v) is 8.83. The van der Waals surface area contributed by atoms with E-state index in [4.69, 9.17) is 0 Å². The molecule has 0 aliphatic heterocycles. The van der Waals surface area contributed by atoms with E-state index in [-0.39, 0.29) is 11.6 Å². The Balaban J connectivity index is 1.85. The van der Waals surface area contributed by atoms with Gasteiger partial charge in [0.05, 0.1) is 4.92 Å². The third kappa shape index (κ3) is 4.49. The van der Waals surface area contributed by atoms with Gasteiger partial charge in [0.15, 0.2) is 0 Å². The zero-order valence-corrected chi connectivity index (χ0v) is 14.6. The van der Waals surface area contributed by atoms with Gasteiger partial charge in [-0.05, 0) is 23.8 Å². The molecule has 1 N–H and O–H groups in total. The summed E-state index contributed by atoms with van der Waals surface area (Å²) in [6.45, 7) is 0. The molecular formula is C20H16N2O3S. The SMILES string of the molecule is O=C(Nc1cccc([N+](=O)[O-])c1)[C@@H](Sc1ccccc1)c1ccccc1. The standard InChI is InChI=1S/C20H16N2O3S/c23-20(21-16-10-7-11-17(14-16)22(24)25)19(15-8-3-1-4-9-15)26-18-12-5-2-6-13-18/h1-14,19H,(H,21,23)/t19-/m0/s1. The minimum absolute atomic E-state index is 0.0604. The lowest BCUT2D eigenvalue weighted by molar-refractivity contribution is -0.384. The number of carbonyl (C=O) groups is 1. The maximum Gasteiger partial charge on any atom is 0.271 e. The lowest BCUT2D eigenvalue weighted by atomic mass is 10.1. The van der Waals surface area contributed by atoms with Crippen LogP contribution in [0.15, 0.2) is 89.8 Å². The Hall–Kier alpha value is -3.12. The Bertz CT molecular complexity index is 901. The maximum absolute atomic E-state index is 12.9. The second kappa shape index (κ2) is 8.31. The summed E-state index contributed by atoms with van der Waals surface area (Å²) in [6.07, 6.45) is 0. The maximum atomic E-state index is 12.9. The fourth-order valence-corrected chi connectivity index (χ4v) is 3.49. The highest BCUT2D eigenvalue weighted by Gasteiger charge is 2.22. The van der Waals surface area contributed by atoms with Crippen LogP contribution in [0.3, 0.4) is 0 Å². The second-order valence-electron chi connectivity index (χ2n) is 5.52. The zero-order valence-electron chi connectivity index (χ0n) is 13.7. The number of thioether (sulfide) groups is 1. The molecule has 0 aliphatic carbocycles. The summed E-state index contributed by atoms with van der Waals surface area (Å²) < 4.78 is 0. The highest BCUT2D eigenvalue weighted by Crippen LogP contribution is 2.36. The normalized spacial score (nSPS) is 11.5. The van der Waals surface area contributed by atoms with Crippen LogP contribution < -0.4 is 5.32 Å². The van der Waals surface area contributed by atoms with Crippen LogP contribution in [0, 0.1) is 10.1 Å². The molecule has 1 amide bonds. The zero-order chi connectivity index (χ0) is 18.4. The first-order chi connectivity index (χ1) is 12.6. The molecular weight excluding hydrogens is 348 g/mol. The van der Waals surface area contributed by atoms with Gasteiger partial charge in [-0.15, -0.1) is 11.8 Å². The Morgan fingerprint density at radius 2 is 1.58 bits per heavy atom. The van der Waals surface area contributed by atoms with Gasteiger partial charge in [0.2, 0.25) is 5.91 Å². The molecule has 6 heteroatoms. The molecule has 0 radical (unpaired) electrons. The van der Waals surface area contributed by atoms with Crippen LogP contribution in [-0.2, 0) is 4.79 Å². The monoisotopic (exact) mass is 364 g/mol. The van der Waals surface area contributed by atoms with Crippen molar-refractivity contribution in [1.82, 2.24) is 0 Å². The van der Waals surface area contributed by atoms with Crippen LogP contribution >= 0.6 is 11.8 Å². The number of hydrogen-bond donors (Lipinski definition) is 1. The van der Waals surface area contributed by atoms with E-state index in [1.54, 1.807) is 12.1 Å². The Labute approximate surface area is 155 Å². The van der Waals surface area contributed by atoms with E-state index in [1.165, 1.54) is 23.9 Å². The number of amides is 1. The van der Waals surface area contributed by atoms with E-state index in [2.05, 4.69) is 5.32 Å². The smallest absolute Gasteiger partial charge is 0.271 e. The van der Waals surface area contributed by atoms with Gasteiger partial charge in [0, 0.05) is 22.7 Å². The minimum atomic E-state index is -0.483. The molecule has 3 aromatic rings. The third-order valence-electron chi connectivity index (χ3n) is 3.66. The summed E-state index contributed by atoms with van der Waals surface area (Å²) in [4.78, 5) is 24.3. The lowest BCUT2D eigenvalue weighted by Gasteiger charge is -2.17. The summed E-state index contributed by atoms with van der Waals surface area (Å²) in [6, 6.07) is 25.0. The van der Waals surface area contributed by atoms with Gasteiger partial charge >= 0.3 is 0 Å². The Morgan fingerprint density at radius 3 is 2.23 bits per heavy atom. The van der Waals surface area contributed by atoms with Crippen molar-refractivity contribution < 1.29 is 9.72 Å². The fraction of sp³-hybridized carbons (Fsp3) is 0.0500. The van der Waals surface area contributed by atoms with Crippen LogP contribution in [-0.4, -0.2) is 10.8 Å². The first kappa shape index (κ1) is 17.7. The molecule has 130 valence electrons. The average molecular weight is 364 g/mol. The van der Waals surface area contributed by atoms with Gasteiger partial charge in [0.25, 0.3) is 5.69 Å². The molecule has 0 spiro atoms. The molecule has 0 fully saturated rings. The van der Waals surface area contributed by atoms with E-state index in [1.807, 2.05) is 60.7 Å². The molecule has 0 unspecified atom stereocenters. The van der Waals surface area contributed by atoms with E-state index >= 15 is 0 Å². The van der Waals surface area contributed by atoms with Gasteiger partial charge < -0.3 is 5.32 Å². The van der Waals surface area contributed by atoms with Crippen molar-refractivity contribution in [1.29, 1.82) is 0 Å². The fourth-order valence-electron chi connectivity index (χ4n) is 2.44. The number of nitrogens with one attached hydrogen (secondary N) is 1. The Morgan fingerprint density at radius 1 is 0.923 bits per heavy atom. The van der Waals surface area contributed by atoms with Crippen LogP contribution in [0.5, 0.6) is 0 Å². The summed E-state index contributed by atoms with van der Waals surface area (Å²) in [7, 11) is 0. The molecule has 0 bridgehead atoms. The van der Waals surface area contributed by atoms with Crippen LogP contribution in [0.2, 0.25) is 0 Å². The molecule has 3 aromatic carbocycles. The topological polar surface area (TPSA) is 72.2 Å². The van der Waals surface area contributed by atoms with E-state index in [9.17, 15) is 14.9 Å². The second-order valence-corrected chi connectivity index (χ2v) is 6.70. The van der Waals surface area contributed by atoms with Gasteiger partial charge in [-0.1, -0.05) is 54.6 Å². The molecule has 1 atom stereocenters. The van der Waals surface area contributed by atoms with Crippen molar-refractivity contribution in [3.05, 3.63) is 101 Å². The Kier molecular flexibility index (Phi) is 5.66. The van der Waals surface area contributed by atoms with E-state index in [0.717, 1.165) is 10.5 Å². The van der Waals surface area contributed by atoms with Crippen LogP contribution in [0.25, 0.3) is 0 Å². The summed E-state index contributed by atoms with van der Waals surface area (Å²) in [5.41, 5.74) is 1.21. The predicted octanol–water partition coefficient (Wildman–Crippen LogP) is 5.07. The molecule has 26 heavy (non-hydrogen) atoms. The van der Waals surface area contributed by atoms with E-state index < -0.39 is 10.2 Å². The molecule has 0 heterocycles. The van der Waals surface area contributed by atoms with Crippen LogP contribution in [0.4, 0.5) is 11.4 Å². The number of nitro benzene ring substituents is 1.